The predicted molar refractivity (Wildman–Crippen MR) is 69.6 cm³/mol. The van der Waals surface area contributed by atoms with Crippen LogP contribution in [0.2, 0.25) is 0 Å². The average Bonchev–Trinajstić information content (AvgIpc) is 2.93. The van der Waals surface area contributed by atoms with Gasteiger partial charge < -0.3 is 20.7 Å². The molecule has 2 rings (SSSR count). The number of aromatic nitrogens is 1. The van der Waals surface area contributed by atoms with E-state index in [0.717, 1.165) is 19.3 Å². The van der Waals surface area contributed by atoms with Crippen molar-refractivity contribution in [2.75, 3.05) is 6.54 Å². The Morgan fingerprint density at radius 2 is 2.26 bits per heavy atom. The molecule has 6 heteroatoms. The van der Waals surface area contributed by atoms with E-state index in [9.17, 15) is 14.7 Å². The summed E-state index contributed by atoms with van der Waals surface area (Å²) in [4.78, 5) is 23.0. The van der Waals surface area contributed by atoms with E-state index in [1.807, 2.05) is 0 Å². The summed E-state index contributed by atoms with van der Waals surface area (Å²) in [5, 5.41) is 12.5. The van der Waals surface area contributed by atoms with Crippen LogP contribution in [0.1, 0.15) is 40.1 Å². The van der Waals surface area contributed by atoms with Crippen molar-refractivity contribution in [2.45, 2.75) is 25.4 Å². The Bertz CT molecular complexity index is 495. The number of hydrogen-bond acceptors (Lipinski definition) is 3. The molecule has 0 radical (unpaired) electrons. The third-order valence-electron chi connectivity index (χ3n) is 3.67. The lowest BCUT2D eigenvalue weighted by molar-refractivity contribution is 0.0908. The summed E-state index contributed by atoms with van der Waals surface area (Å²) in [6.45, 7) is 0.455. The maximum Gasteiger partial charge on any atom is 0.267 e. The second-order valence-electron chi connectivity index (χ2n) is 5.06. The summed E-state index contributed by atoms with van der Waals surface area (Å²) in [6, 6.07) is 1.47. The van der Waals surface area contributed by atoms with Crippen molar-refractivity contribution < 1.29 is 14.7 Å². The summed E-state index contributed by atoms with van der Waals surface area (Å²) >= 11 is 0. The van der Waals surface area contributed by atoms with Gasteiger partial charge in [-0.2, -0.15) is 0 Å². The number of rotatable bonds is 4. The second-order valence-corrected chi connectivity index (χ2v) is 5.06. The third kappa shape index (κ3) is 2.96. The molecular weight excluding hydrogens is 246 g/mol. The minimum absolute atomic E-state index is 0.125. The zero-order valence-corrected chi connectivity index (χ0v) is 10.9. The molecule has 19 heavy (non-hydrogen) atoms. The molecule has 0 aliphatic heterocycles. The summed E-state index contributed by atoms with van der Waals surface area (Å²) in [7, 11) is 1.69. The van der Waals surface area contributed by atoms with Crippen LogP contribution in [0.15, 0.2) is 12.3 Å². The highest BCUT2D eigenvalue weighted by molar-refractivity contribution is 5.98. The largest absolute Gasteiger partial charge is 0.393 e. The molecule has 1 saturated carbocycles. The lowest BCUT2D eigenvalue weighted by Crippen LogP contribution is -2.33. The van der Waals surface area contributed by atoms with Gasteiger partial charge in [0.15, 0.2) is 0 Å². The highest BCUT2D eigenvalue weighted by Crippen LogP contribution is 2.24. The molecule has 0 saturated heterocycles. The number of carbonyl (C=O) groups excluding carboxylic acids is 2. The van der Waals surface area contributed by atoms with Crippen molar-refractivity contribution in [1.82, 2.24) is 9.88 Å². The van der Waals surface area contributed by atoms with Crippen LogP contribution in [0, 0.1) is 5.92 Å². The molecule has 2 amide bonds. The van der Waals surface area contributed by atoms with E-state index in [1.54, 1.807) is 11.6 Å². The van der Waals surface area contributed by atoms with Gasteiger partial charge in [0, 0.05) is 25.7 Å². The maximum atomic E-state index is 12.0. The van der Waals surface area contributed by atoms with Gasteiger partial charge in [0.1, 0.15) is 5.69 Å². The molecule has 1 aliphatic rings. The molecule has 6 nitrogen and oxygen atoms in total. The highest BCUT2D eigenvalue weighted by Gasteiger charge is 2.25. The van der Waals surface area contributed by atoms with Crippen molar-refractivity contribution in [3.8, 4) is 0 Å². The van der Waals surface area contributed by atoms with E-state index in [0.29, 0.717) is 17.8 Å². The minimum Gasteiger partial charge on any atom is -0.393 e. The molecule has 0 aromatic carbocycles. The zero-order valence-electron chi connectivity index (χ0n) is 10.9. The molecule has 1 aliphatic carbocycles. The fourth-order valence-corrected chi connectivity index (χ4v) is 2.49. The monoisotopic (exact) mass is 265 g/mol. The van der Waals surface area contributed by atoms with Crippen LogP contribution in [0.3, 0.4) is 0 Å². The third-order valence-corrected chi connectivity index (χ3v) is 3.67. The first-order chi connectivity index (χ1) is 8.99. The van der Waals surface area contributed by atoms with Gasteiger partial charge >= 0.3 is 0 Å². The molecule has 104 valence electrons. The normalized spacial score (nSPS) is 22.4. The standard InChI is InChI=1S/C13H19N3O3/c1-16-7-9(12(14)18)5-10(16)13(19)15-6-8-3-2-4-11(8)17/h5,7-8,11,17H,2-4,6H2,1H3,(H2,14,18)(H,15,19). The van der Waals surface area contributed by atoms with E-state index >= 15 is 0 Å². The predicted octanol–water partition coefficient (Wildman–Crippen LogP) is 0.0148. The van der Waals surface area contributed by atoms with Gasteiger partial charge in [-0.3, -0.25) is 9.59 Å². The van der Waals surface area contributed by atoms with Crippen molar-refractivity contribution >= 4 is 11.8 Å². The SMILES string of the molecule is Cn1cc(C(N)=O)cc1C(=O)NCC1CCCC1O. The Balaban J connectivity index is 1.98. The number of aryl methyl sites for hydroxylation is 1. The first-order valence-corrected chi connectivity index (χ1v) is 6.41. The van der Waals surface area contributed by atoms with E-state index in [4.69, 9.17) is 5.73 Å². The Morgan fingerprint density at radius 3 is 2.79 bits per heavy atom. The average molecular weight is 265 g/mol. The van der Waals surface area contributed by atoms with Crippen LogP contribution in [-0.2, 0) is 7.05 Å². The lowest BCUT2D eigenvalue weighted by atomic mass is 10.1. The number of hydrogen-bond donors (Lipinski definition) is 3. The Morgan fingerprint density at radius 1 is 1.53 bits per heavy atom. The van der Waals surface area contributed by atoms with Gasteiger partial charge in [0.05, 0.1) is 11.7 Å². The summed E-state index contributed by atoms with van der Waals surface area (Å²) in [5.41, 5.74) is 5.87. The fourth-order valence-electron chi connectivity index (χ4n) is 2.49. The molecule has 2 unspecified atom stereocenters. The van der Waals surface area contributed by atoms with Gasteiger partial charge in [-0.25, -0.2) is 0 Å². The molecule has 1 aromatic heterocycles. The van der Waals surface area contributed by atoms with Gasteiger partial charge in [0.2, 0.25) is 5.91 Å². The molecule has 1 heterocycles. The molecule has 1 aromatic rings. The van der Waals surface area contributed by atoms with Crippen molar-refractivity contribution in [3.05, 3.63) is 23.5 Å². The molecule has 0 bridgehead atoms. The Labute approximate surface area is 111 Å². The number of nitrogens with one attached hydrogen (secondary N) is 1. The van der Waals surface area contributed by atoms with E-state index in [1.165, 1.54) is 12.3 Å². The quantitative estimate of drug-likeness (QED) is 0.715. The Kier molecular flexibility index (Phi) is 3.90. The van der Waals surface area contributed by atoms with Gasteiger partial charge in [-0.1, -0.05) is 6.42 Å². The van der Waals surface area contributed by atoms with Crippen molar-refractivity contribution in [2.24, 2.45) is 18.7 Å². The summed E-state index contributed by atoms with van der Waals surface area (Å²) < 4.78 is 1.57. The number of amides is 2. The van der Waals surface area contributed by atoms with Crippen LogP contribution in [0.5, 0.6) is 0 Å². The topological polar surface area (TPSA) is 97.4 Å². The fraction of sp³-hybridized carbons (Fsp3) is 0.538. The first kappa shape index (κ1) is 13.6. The second kappa shape index (κ2) is 5.44. The van der Waals surface area contributed by atoms with Crippen LogP contribution in [0.25, 0.3) is 0 Å². The minimum atomic E-state index is -0.555. The molecule has 2 atom stereocenters. The molecule has 0 spiro atoms. The molecular formula is C13H19N3O3. The van der Waals surface area contributed by atoms with Crippen LogP contribution < -0.4 is 11.1 Å². The number of nitrogens with two attached hydrogens (primary N) is 1. The number of carbonyl (C=O) groups is 2. The number of primary amides is 1. The first-order valence-electron chi connectivity index (χ1n) is 6.41. The van der Waals surface area contributed by atoms with E-state index in [2.05, 4.69) is 5.32 Å². The van der Waals surface area contributed by atoms with Gasteiger partial charge in [-0.05, 0) is 18.9 Å². The van der Waals surface area contributed by atoms with Gasteiger partial charge in [0.25, 0.3) is 5.91 Å². The summed E-state index contributed by atoms with van der Waals surface area (Å²) in [6.07, 6.45) is 3.94. The number of aliphatic hydroxyl groups excluding tert-OH is 1. The van der Waals surface area contributed by atoms with Crippen molar-refractivity contribution in [3.63, 3.8) is 0 Å². The van der Waals surface area contributed by atoms with Gasteiger partial charge in [-0.15, -0.1) is 0 Å². The maximum absolute atomic E-state index is 12.0. The Hall–Kier alpha value is -1.82. The smallest absolute Gasteiger partial charge is 0.267 e. The molecule has 1 fully saturated rings. The summed E-state index contributed by atoms with van der Waals surface area (Å²) in [5.74, 6) is -0.685. The lowest BCUT2D eigenvalue weighted by Gasteiger charge is -2.15. The van der Waals surface area contributed by atoms with E-state index in [-0.39, 0.29) is 17.9 Å². The van der Waals surface area contributed by atoms with Crippen LogP contribution in [0.4, 0.5) is 0 Å². The van der Waals surface area contributed by atoms with Crippen LogP contribution >= 0.6 is 0 Å². The number of aliphatic hydroxyl groups is 1. The molecule has 4 N–H and O–H groups in total. The zero-order chi connectivity index (χ0) is 14.0. The van der Waals surface area contributed by atoms with Crippen LogP contribution in [-0.4, -0.2) is 34.1 Å². The number of nitrogens with zero attached hydrogens (tertiary/aromatic N) is 1. The van der Waals surface area contributed by atoms with E-state index < -0.39 is 5.91 Å². The highest BCUT2D eigenvalue weighted by atomic mass is 16.3. The van der Waals surface area contributed by atoms with Crippen molar-refractivity contribution in [1.29, 1.82) is 0 Å².